The molecule has 1 saturated heterocycles. The first kappa shape index (κ1) is 11.7. The summed E-state index contributed by atoms with van der Waals surface area (Å²) in [5.41, 5.74) is 0.699. The second-order valence-corrected chi connectivity index (χ2v) is 4.57. The van der Waals surface area contributed by atoms with E-state index in [1.54, 1.807) is 6.07 Å². The van der Waals surface area contributed by atoms with Gasteiger partial charge in [0.2, 0.25) is 0 Å². The van der Waals surface area contributed by atoms with Gasteiger partial charge in [0.25, 0.3) is 6.43 Å². The van der Waals surface area contributed by atoms with Crippen molar-refractivity contribution in [3.8, 4) is 11.5 Å². The number of halogens is 2. The zero-order valence-corrected chi connectivity index (χ0v) is 9.92. The molecule has 5 heteroatoms. The second-order valence-electron chi connectivity index (χ2n) is 4.57. The zero-order valence-electron chi connectivity index (χ0n) is 9.92. The molecule has 0 spiro atoms. The summed E-state index contributed by atoms with van der Waals surface area (Å²) < 4.78 is 37.1. The fraction of sp³-hybridized carbons (Fsp3) is 0.538. The zero-order chi connectivity index (χ0) is 12.5. The molecule has 0 saturated carbocycles. The minimum absolute atomic E-state index is 0.00447. The molecule has 0 radical (unpaired) electrons. The van der Waals surface area contributed by atoms with E-state index in [-0.39, 0.29) is 11.6 Å². The molecule has 1 fully saturated rings. The number of fused-ring (bicyclic) bond motifs is 1. The van der Waals surface area contributed by atoms with Crippen molar-refractivity contribution in [2.75, 3.05) is 19.8 Å². The van der Waals surface area contributed by atoms with Gasteiger partial charge in [-0.2, -0.15) is 0 Å². The quantitative estimate of drug-likeness (QED) is 0.881. The Labute approximate surface area is 104 Å². The van der Waals surface area contributed by atoms with E-state index in [2.05, 4.69) is 5.32 Å². The second kappa shape index (κ2) is 4.72. The van der Waals surface area contributed by atoms with Crippen LogP contribution in [0.2, 0.25) is 0 Å². The number of ether oxygens (including phenoxy) is 2. The van der Waals surface area contributed by atoms with Crippen molar-refractivity contribution in [2.24, 2.45) is 0 Å². The van der Waals surface area contributed by atoms with Gasteiger partial charge in [-0.15, -0.1) is 0 Å². The molecular formula is C13H15F2NO2. The van der Waals surface area contributed by atoms with Gasteiger partial charge >= 0.3 is 0 Å². The Kier molecular flexibility index (Phi) is 3.07. The summed E-state index contributed by atoms with van der Waals surface area (Å²) in [4.78, 5) is 0. The Bertz CT molecular complexity index is 445. The molecule has 18 heavy (non-hydrogen) atoms. The van der Waals surface area contributed by atoms with Crippen LogP contribution in [-0.4, -0.2) is 19.8 Å². The summed E-state index contributed by atoms with van der Waals surface area (Å²) in [5.74, 6) is 1.01. The lowest BCUT2D eigenvalue weighted by Gasteiger charge is -2.23. The minimum atomic E-state index is -2.49. The van der Waals surface area contributed by atoms with Crippen LogP contribution in [0, 0.1) is 0 Å². The lowest BCUT2D eigenvalue weighted by molar-refractivity contribution is 0.145. The molecule has 0 bridgehead atoms. The summed E-state index contributed by atoms with van der Waals surface area (Å²) in [6.07, 6.45) is -0.584. The molecule has 1 N–H and O–H groups in total. The van der Waals surface area contributed by atoms with Gasteiger partial charge in [-0.25, -0.2) is 8.78 Å². The molecule has 3 nitrogen and oxygen atoms in total. The lowest BCUT2D eigenvalue weighted by atomic mass is 9.98. The minimum Gasteiger partial charge on any atom is -0.486 e. The van der Waals surface area contributed by atoms with Crippen molar-refractivity contribution in [1.29, 1.82) is 0 Å². The third kappa shape index (κ3) is 2.03. The van der Waals surface area contributed by atoms with Crippen molar-refractivity contribution in [1.82, 2.24) is 5.32 Å². The van der Waals surface area contributed by atoms with E-state index < -0.39 is 6.43 Å². The van der Waals surface area contributed by atoms with Crippen molar-refractivity contribution in [3.05, 3.63) is 23.3 Å². The fourth-order valence-electron chi connectivity index (χ4n) is 2.56. The van der Waals surface area contributed by atoms with Crippen LogP contribution in [0.25, 0.3) is 0 Å². The maximum Gasteiger partial charge on any atom is 0.264 e. The third-order valence-corrected chi connectivity index (χ3v) is 3.42. The molecule has 2 aliphatic rings. The average molecular weight is 255 g/mol. The van der Waals surface area contributed by atoms with Gasteiger partial charge in [0.15, 0.2) is 11.5 Å². The van der Waals surface area contributed by atoms with Gasteiger partial charge in [-0.3, -0.25) is 0 Å². The third-order valence-electron chi connectivity index (χ3n) is 3.42. The van der Waals surface area contributed by atoms with Crippen LogP contribution in [0.4, 0.5) is 8.78 Å². The average Bonchev–Trinajstić information content (AvgIpc) is 2.91. The van der Waals surface area contributed by atoms with E-state index in [4.69, 9.17) is 9.47 Å². The number of rotatable bonds is 2. The Morgan fingerprint density at radius 3 is 2.50 bits per heavy atom. The molecule has 1 aromatic rings. The molecule has 2 aliphatic heterocycles. The van der Waals surface area contributed by atoms with E-state index in [1.807, 2.05) is 0 Å². The van der Waals surface area contributed by atoms with Crippen molar-refractivity contribution >= 4 is 0 Å². The largest absolute Gasteiger partial charge is 0.486 e. The lowest BCUT2D eigenvalue weighted by Crippen LogP contribution is -2.19. The summed E-state index contributed by atoms with van der Waals surface area (Å²) in [6.45, 7) is 1.76. The summed E-state index contributed by atoms with van der Waals surface area (Å²) >= 11 is 0. The van der Waals surface area contributed by atoms with Crippen LogP contribution in [-0.2, 0) is 0 Å². The molecule has 3 rings (SSSR count). The molecule has 1 aromatic carbocycles. The first-order chi connectivity index (χ1) is 8.75. The van der Waals surface area contributed by atoms with Crippen LogP contribution >= 0.6 is 0 Å². The number of hydrogen-bond donors (Lipinski definition) is 1. The highest BCUT2D eigenvalue weighted by Crippen LogP contribution is 2.40. The van der Waals surface area contributed by atoms with Gasteiger partial charge in [-0.1, -0.05) is 0 Å². The van der Waals surface area contributed by atoms with E-state index in [9.17, 15) is 8.78 Å². The topological polar surface area (TPSA) is 30.5 Å². The summed E-state index contributed by atoms with van der Waals surface area (Å²) in [6, 6.07) is 3.14. The van der Waals surface area contributed by atoms with Crippen LogP contribution in [0.15, 0.2) is 12.1 Å². The molecule has 1 atom stereocenters. The number of alkyl halides is 2. The van der Waals surface area contributed by atoms with Crippen LogP contribution in [0.3, 0.4) is 0 Å². The number of benzene rings is 1. The maximum absolute atomic E-state index is 13.1. The highest BCUT2D eigenvalue weighted by molar-refractivity contribution is 5.49. The fourth-order valence-corrected chi connectivity index (χ4v) is 2.56. The van der Waals surface area contributed by atoms with Gasteiger partial charge in [0.1, 0.15) is 13.2 Å². The first-order valence-electron chi connectivity index (χ1n) is 6.20. The molecular weight excluding hydrogens is 240 g/mol. The van der Waals surface area contributed by atoms with Crippen molar-refractivity contribution < 1.29 is 18.3 Å². The van der Waals surface area contributed by atoms with Crippen LogP contribution in [0.1, 0.15) is 36.4 Å². The number of hydrogen-bond acceptors (Lipinski definition) is 3. The number of nitrogens with one attached hydrogen (secondary N) is 1. The summed E-state index contributed by atoms with van der Waals surface area (Å²) in [7, 11) is 0. The Balaban J connectivity index is 2.03. The van der Waals surface area contributed by atoms with Gasteiger partial charge in [0, 0.05) is 11.6 Å². The molecule has 1 unspecified atom stereocenters. The highest BCUT2D eigenvalue weighted by atomic mass is 19.3. The highest BCUT2D eigenvalue weighted by Gasteiger charge is 2.26. The summed E-state index contributed by atoms with van der Waals surface area (Å²) in [5, 5.41) is 3.25. The molecule has 0 aromatic heterocycles. The Morgan fingerprint density at radius 1 is 1.17 bits per heavy atom. The molecule has 0 aliphatic carbocycles. The van der Waals surface area contributed by atoms with Crippen LogP contribution < -0.4 is 14.8 Å². The monoisotopic (exact) mass is 255 g/mol. The van der Waals surface area contributed by atoms with E-state index in [1.165, 1.54) is 6.07 Å². The predicted molar refractivity (Wildman–Crippen MR) is 62.4 cm³/mol. The van der Waals surface area contributed by atoms with Crippen LogP contribution in [0.5, 0.6) is 11.5 Å². The van der Waals surface area contributed by atoms with Gasteiger partial charge in [-0.05, 0) is 37.1 Å². The normalized spacial score (nSPS) is 22.5. The molecule has 0 amide bonds. The van der Waals surface area contributed by atoms with E-state index >= 15 is 0 Å². The van der Waals surface area contributed by atoms with Gasteiger partial charge in [0.05, 0.1) is 0 Å². The SMILES string of the molecule is FC(F)c1cc2c(cc1C1CCCN1)OCCO2. The standard InChI is InChI=1S/C13H15F2NO2/c14-13(15)9-7-12-11(17-4-5-18-12)6-8(9)10-2-1-3-16-10/h6-7,10,13,16H,1-5H2. The first-order valence-corrected chi connectivity index (χ1v) is 6.20. The van der Waals surface area contributed by atoms with Crippen molar-refractivity contribution in [2.45, 2.75) is 25.3 Å². The predicted octanol–water partition coefficient (Wildman–Crippen LogP) is 2.82. The van der Waals surface area contributed by atoms with Gasteiger partial charge < -0.3 is 14.8 Å². The molecule has 98 valence electrons. The van der Waals surface area contributed by atoms with E-state index in [0.29, 0.717) is 30.3 Å². The van der Waals surface area contributed by atoms with Crippen molar-refractivity contribution in [3.63, 3.8) is 0 Å². The van der Waals surface area contributed by atoms with E-state index in [0.717, 1.165) is 19.4 Å². The maximum atomic E-state index is 13.1. The Hall–Kier alpha value is -1.36. The molecule has 2 heterocycles. The Morgan fingerprint density at radius 2 is 1.89 bits per heavy atom. The smallest absolute Gasteiger partial charge is 0.264 e.